The van der Waals surface area contributed by atoms with E-state index in [2.05, 4.69) is 22.6 Å². The SMILES string of the molecule is CN(CCOc1cccc(CNC(=O)C2CCCN2)c1)C1CCOCC1. The Bertz CT molecular complexity index is 569. The summed E-state index contributed by atoms with van der Waals surface area (Å²) < 4.78 is 11.3. The summed E-state index contributed by atoms with van der Waals surface area (Å²) in [4.78, 5) is 14.4. The summed E-state index contributed by atoms with van der Waals surface area (Å²) in [7, 11) is 2.16. The average molecular weight is 361 g/mol. The fourth-order valence-corrected chi connectivity index (χ4v) is 3.58. The van der Waals surface area contributed by atoms with E-state index in [-0.39, 0.29) is 11.9 Å². The zero-order valence-electron chi connectivity index (χ0n) is 15.7. The van der Waals surface area contributed by atoms with Crippen molar-refractivity contribution in [2.75, 3.05) is 40.0 Å². The van der Waals surface area contributed by atoms with Gasteiger partial charge in [-0.1, -0.05) is 12.1 Å². The van der Waals surface area contributed by atoms with Crippen LogP contribution in [0.3, 0.4) is 0 Å². The number of nitrogens with zero attached hydrogens (tertiary/aromatic N) is 1. The lowest BCUT2D eigenvalue weighted by atomic mass is 10.1. The number of hydrogen-bond donors (Lipinski definition) is 2. The molecule has 6 heteroatoms. The predicted octanol–water partition coefficient (Wildman–Crippen LogP) is 1.54. The van der Waals surface area contributed by atoms with Crippen molar-refractivity contribution >= 4 is 5.91 Å². The summed E-state index contributed by atoms with van der Waals surface area (Å²) in [6, 6.07) is 8.54. The van der Waals surface area contributed by atoms with Gasteiger partial charge in [-0.2, -0.15) is 0 Å². The fraction of sp³-hybridized carbons (Fsp3) is 0.650. The lowest BCUT2D eigenvalue weighted by Crippen LogP contribution is -2.40. The standard InChI is InChI=1S/C20H31N3O3/c1-23(17-7-11-25-12-8-17)10-13-26-18-5-2-4-16(14-18)15-22-20(24)19-6-3-9-21-19/h2,4-5,14,17,19,21H,3,6-13,15H2,1H3,(H,22,24). The molecule has 1 amide bonds. The molecule has 2 saturated heterocycles. The summed E-state index contributed by atoms with van der Waals surface area (Å²) >= 11 is 0. The van der Waals surface area contributed by atoms with E-state index in [9.17, 15) is 4.79 Å². The number of rotatable bonds is 8. The van der Waals surface area contributed by atoms with E-state index < -0.39 is 0 Å². The van der Waals surface area contributed by atoms with Crippen molar-refractivity contribution in [1.29, 1.82) is 0 Å². The van der Waals surface area contributed by atoms with Gasteiger partial charge in [-0.25, -0.2) is 0 Å². The van der Waals surface area contributed by atoms with Gasteiger partial charge in [0.1, 0.15) is 12.4 Å². The van der Waals surface area contributed by atoms with Crippen LogP contribution in [-0.2, 0) is 16.1 Å². The number of benzene rings is 1. The highest BCUT2D eigenvalue weighted by Gasteiger charge is 2.21. The molecule has 6 nitrogen and oxygen atoms in total. The molecule has 3 rings (SSSR count). The Hall–Kier alpha value is -1.63. The number of nitrogens with one attached hydrogen (secondary N) is 2. The number of carbonyl (C=O) groups is 1. The molecule has 1 aromatic carbocycles. The van der Waals surface area contributed by atoms with Crippen LogP contribution < -0.4 is 15.4 Å². The number of ether oxygens (including phenoxy) is 2. The first-order chi connectivity index (χ1) is 12.7. The third-order valence-electron chi connectivity index (χ3n) is 5.27. The minimum absolute atomic E-state index is 0.0323. The molecule has 0 aromatic heterocycles. The summed E-state index contributed by atoms with van der Waals surface area (Å²) in [5.41, 5.74) is 1.06. The summed E-state index contributed by atoms with van der Waals surface area (Å²) in [5, 5.41) is 6.23. The predicted molar refractivity (Wildman–Crippen MR) is 101 cm³/mol. The van der Waals surface area contributed by atoms with Gasteiger partial charge in [-0.05, 0) is 57.0 Å². The van der Waals surface area contributed by atoms with Crippen LogP contribution in [0.2, 0.25) is 0 Å². The van der Waals surface area contributed by atoms with Crippen molar-refractivity contribution in [3.8, 4) is 5.75 Å². The Kier molecular flexibility index (Phi) is 7.29. The highest BCUT2D eigenvalue weighted by atomic mass is 16.5. The number of hydrogen-bond acceptors (Lipinski definition) is 5. The Morgan fingerprint density at radius 3 is 2.96 bits per heavy atom. The Morgan fingerprint density at radius 1 is 1.35 bits per heavy atom. The maximum atomic E-state index is 12.1. The van der Waals surface area contributed by atoms with E-state index in [1.165, 1.54) is 0 Å². The second-order valence-corrected chi connectivity index (χ2v) is 7.19. The summed E-state index contributed by atoms with van der Waals surface area (Å²) in [5.74, 6) is 0.947. The summed E-state index contributed by atoms with van der Waals surface area (Å²) in [6.45, 7) is 4.76. The summed E-state index contributed by atoms with van der Waals surface area (Å²) in [6.07, 6.45) is 4.20. The van der Waals surface area contributed by atoms with Crippen molar-refractivity contribution in [3.05, 3.63) is 29.8 Å². The molecule has 2 aliphatic heterocycles. The maximum absolute atomic E-state index is 12.1. The average Bonchev–Trinajstić information content (AvgIpc) is 3.22. The molecule has 1 aromatic rings. The van der Waals surface area contributed by atoms with Gasteiger partial charge in [-0.15, -0.1) is 0 Å². The highest BCUT2D eigenvalue weighted by molar-refractivity contribution is 5.81. The van der Waals surface area contributed by atoms with Crippen molar-refractivity contribution in [1.82, 2.24) is 15.5 Å². The first kappa shape index (κ1) is 19.1. The first-order valence-corrected chi connectivity index (χ1v) is 9.73. The largest absolute Gasteiger partial charge is 0.492 e. The van der Waals surface area contributed by atoms with Crippen LogP contribution in [0.15, 0.2) is 24.3 Å². The van der Waals surface area contributed by atoms with Gasteiger partial charge >= 0.3 is 0 Å². The molecule has 0 saturated carbocycles. The fourth-order valence-electron chi connectivity index (χ4n) is 3.58. The number of amides is 1. The second kappa shape index (κ2) is 9.90. The van der Waals surface area contributed by atoms with Crippen LogP contribution in [0.1, 0.15) is 31.2 Å². The van der Waals surface area contributed by atoms with Crippen LogP contribution in [0.5, 0.6) is 5.75 Å². The van der Waals surface area contributed by atoms with Gasteiger partial charge < -0.3 is 20.1 Å². The normalized spacial score (nSPS) is 21.1. The first-order valence-electron chi connectivity index (χ1n) is 9.73. The molecular formula is C20H31N3O3. The van der Waals surface area contributed by atoms with Crippen LogP contribution in [-0.4, -0.2) is 62.8 Å². The minimum Gasteiger partial charge on any atom is -0.492 e. The zero-order chi connectivity index (χ0) is 18.2. The lowest BCUT2D eigenvalue weighted by molar-refractivity contribution is -0.122. The molecule has 2 N–H and O–H groups in total. The minimum atomic E-state index is -0.0323. The number of likely N-dealkylation sites (N-methyl/N-ethyl adjacent to an activating group) is 1. The Morgan fingerprint density at radius 2 is 2.19 bits per heavy atom. The van der Waals surface area contributed by atoms with Crippen molar-refractivity contribution < 1.29 is 14.3 Å². The molecule has 2 heterocycles. The van der Waals surface area contributed by atoms with Crippen LogP contribution >= 0.6 is 0 Å². The van der Waals surface area contributed by atoms with Crippen molar-refractivity contribution in [3.63, 3.8) is 0 Å². The molecule has 0 bridgehead atoms. The molecule has 1 unspecified atom stereocenters. The third kappa shape index (κ3) is 5.69. The van der Waals surface area contributed by atoms with E-state index in [0.29, 0.717) is 19.2 Å². The quantitative estimate of drug-likeness (QED) is 0.736. The van der Waals surface area contributed by atoms with E-state index in [1.54, 1.807) is 0 Å². The van der Waals surface area contributed by atoms with Gasteiger partial charge in [0.15, 0.2) is 0 Å². The van der Waals surface area contributed by atoms with Crippen LogP contribution in [0, 0.1) is 0 Å². The van der Waals surface area contributed by atoms with E-state index in [1.807, 2.05) is 24.3 Å². The molecule has 0 aliphatic carbocycles. The molecule has 144 valence electrons. The smallest absolute Gasteiger partial charge is 0.237 e. The monoisotopic (exact) mass is 361 g/mol. The molecule has 1 atom stereocenters. The Balaban J connectivity index is 1.39. The van der Waals surface area contributed by atoms with E-state index in [4.69, 9.17) is 9.47 Å². The molecule has 0 radical (unpaired) electrons. The van der Waals surface area contributed by atoms with Gasteiger partial charge in [0.05, 0.1) is 6.04 Å². The topological polar surface area (TPSA) is 62.8 Å². The van der Waals surface area contributed by atoms with Crippen molar-refractivity contribution in [2.45, 2.75) is 44.3 Å². The second-order valence-electron chi connectivity index (χ2n) is 7.19. The molecule has 2 fully saturated rings. The molecule has 0 spiro atoms. The highest BCUT2D eigenvalue weighted by Crippen LogP contribution is 2.15. The van der Waals surface area contributed by atoms with E-state index >= 15 is 0 Å². The van der Waals surface area contributed by atoms with Crippen LogP contribution in [0.4, 0.5) is 0 Å². The van der Waals surface area contributed by atoms with Gasteiger partial charge in [-0.3, -0.25) is 9.69 Å². The Labute approximate surface area is 156 Å². The van der Waals surface area contributed by atoms with Crippen molar-refractivity contribution in [2.24, 2.45) is 0 Å². The lowest BCUT2D eigenvalue weighted by Gasteiger charge is -2.31. The zero-order valence-corrected chi connectivity index (χ0v) is 15.7. The molecule has 26 heavy (non-hydrogen) atoms. The van der Waals surface area contributed by atoms with Gasteiger partial charge in [0.25, 0.3) is 0 Å². The number of carbonyl (C=O) groups excluding carboxylic acids is 1. The van der Waals surface area contributed by atoms with Gasteiger partial charge in [0, 0.05) is 32.3 Å². The maximum Gasteiger partial charge on any atom is 0.237 e. The van der Waals surface area contributed by atoms with Crippen LogP contribution in [0.25, 0.3) is 0 Å². The molecule has 2 aliphatic rings. The van der Waals surface area contributed by atoms with Gasteiger partial charge in [0.2, 0.25) is 5.91 Å². The molecular weight excluding hydrogens is 330 g/mol. The third-order valence-corrected chi connectivity index (χ3v) is 5.27. The van der Waals surface area contributed by atoms with E-state index in [0.717, 1.165) is 63.3 Å².